The first-order valence-corrected chi connectivity index (χ1v) is 9.33. The molecule has 0 aromatic heterocycles. The first-order chi connectivity index (χ1) is 11.6. The number of nitrogens with one attached hydrogen (secondary N) is 1. The molecule has 1 aromatic carbocycles. The average Bonchev–Trinajstić information content (AvgIpc) is 2.59. The molecule has 0 aliphatic carbocycles. The summed E-state index contributed by atoms with van der Waals surface area (Å²) in [5, 5.41) is 0. The van der Waals surface area contributed by atoms with E-state index in [1.54, 1.807) is 19.1 Å². The summed E-state index contributed by atoms with van der Waals surface area (Å²) in [7, 11) is 1.66. The number of hydrogen-bond acceptors (Lipinski definition) is 6. The lowest BCUT2D eigenvalue weighted by Crippen LogP contribution is -2.05. The van der Waals surface area contributed by atoms with Crippen LogP contribution in [0.25, 0.3) is 0 Å². The molecule has 0 unspecified atom stereocenters. The molecule has 25 heavy (non-hydrogen) atoms. The molecule has 1 aromatic rings. The maximum Gasteiger partial charge on any atom is 0.122 e. The minimum absolute atomic E-state index is 0.0851. The largest absolute Gasteiger partial charge is 0.497 e. The van der Waals surface area contributed by atoms with Crippen molar-refractivity contribution in [2.75, 3.05) is 13.0 Å². The molecule has 0 fully saturated rings. The summed E-state index contributed by atoms with van der Waals surface area (Å²) in [6, 6.07) is 7.87. The lowest BCUT2D eigenvalue weighted by Gasteiger charge is -2.16. The number of rotatable bonds is 6. The molecule has 4 nitrogen and oxygen atoms in total. The summed E-state index contributed by atoms with van der Waals surface area (Å²) < 4.78 is 8.07. The third-order valence-corrected chi connectivity index (χ3v) is 3.81. The van der Waals surface area contributed by atoms with Gasteiger partial charge in [0.15, 0.2) is 0 Å². The molecular weight excluding hydrogens is 352 g/mol. The maximum absolute atomic E-state index is 9.50. The number of aldehydes is 1. The minimum atomic E-state index is 0.0851. The van der Waals surface area contributed by atoms with Crippen LogP contribution < -0.4 is 9.46 Å². The minimum Gasteiger partial charge on any atom is -0.497 e. The van der Waals surface area contributed by atoms with Crippen LogP contribution in [0.1, 0.15) is 34.6 Å². The zero-order valence-corrected chi connectivity index (χ0v) is 17.9. The van der Waals surface area contributed by atoms with Gasteiger partial charge in [-0.15, -0.1) is 0 Å². The molecule has 0 heterocycles. The Kier molecular flexibility index (Phi) is 15.6. The summed E-state index contributed by atoms with van der Waals surface area (Å²) in [4.78, 5) is 14.4. The van der Waals surface area contributed by atoms with E-state index in [2.05, 4.69) is 56.4 Å². The third-order valence-electron chi connectivity index (χ3n) is 2.64. The standard InChI is InChI=1S/C8H11NOS2.C7H13N.C4H8O/c1-10-7-2-4-8(5-3-7)12-9-6-11;1-6(8-5)7(2,3)4;1-4(2)3-5/h2-5,9,11H,6H2,1H3;1,5H2,2-4H3;3-4H,1-2H3. The van der Waals surface area contributed by atoms with Gasteiger partial charge in [0.1, 0.15) is 12.0 Å². The second-order valence-electron chi connectivity index (χ2n) is 6.31. The van der Waals surface area contributed by atoms with Crippen molar-refractivity contribution in [3.05, 3.63) is 36.5 Å². The Morgan fingerprint density at radius 1 is 1.36 bits per heavy atom. The van der Waals surface area contributed by atoms with E-state index in [0.29, 0.717) is 5.88 Å². The summed E-state index contributed by atoms with van der Waals surface area (Å²) in [5.41, 5.74) is 0.930. The lowest BCUT2D eigenvalue weighted by atomic mass is 9.93. The third kappa shape index (κ3) is 16.0. The van der Waals surface area contributed by atoms with Crippen LogP contribution in [0.4, 0.5) is 0 Å². The van der Waals surface area contributed by atoms with E-state index < -0.39 is 0 Å². The summed E-state index contributed by atoms with van der Waals surface area (Å²) in [6.45, 7) is 17.0. The normalized spacial score (nSPS) is 9.92. The SMILES string of the molecule is C=NC(=C)C(C)(C)C.CC(C)C=O.COc1ccc(SNCS)cc1. The van der Waals surface area contributed by atoms with Gasteiger partial charge in [-0.1, -0.05) is 41.2 Å². The number of thiol groups is 1. The van der Waals surface area contributed by atoms with Crippen LogP contribution in [-0.4, -0.2) is 26.0 Å². The second-order valence-corrected chi connectivity index (χ2v) is 7.60. The highest BCUT2D eigenvalue weighted by Crippen LogP contribution is 2.23. The van der Waals surface area contributed by atoms with Crippen molar-refractivity contribution in [3.8, 4) is 5.75 Å². The zero-order valence-electron chi connectivity index (χ0n) is 16.2. The molecule has 0 aliphatic rings. The number of ether oxygens (including phenoxy) is 1. The summed E-state index contributed by atoms with van der Waals surface area (Å²) in [6.07, 6.45) is 0.917. The molecule has 0 saturated carbocycles. The van der Waals surface area contributed by atoms with Gasteiger partial charge in [-0.3, -0.25) is 9.71 Å². The molecular formula is C19H32N2O2S2. The zero-order chi connectivity index (χ0) is 19.9. The molecule has 0 aliphatic heterocycles. The fourth-order valence-electron chi connectivity index (χ4n) is 0.997. The Morgan fingerprint density at radius 3 is 2.08 bits per heavy atom. The van der Waals surface area contributed by atoms with Gasteiger partial charge in [0.05, 0.1) is 7.11 Å². The molecule has 0 bridgehead atoms. The first kappa shape index (κ1) is 26.0. The fourth-order valence-corrected chi connectivity index (χ4v) is 1.69. The van der Waals surface area contributed by atoms with E-state index in [9.17, 15) is 4.79 Å². The van der Waals surface area contributed by atoms with E-state index >= 15 is 0 Å². The molecule has 1 rings (SSSR count). The average molecular weight is 385 g/mol. The van der Waals surface area contributed by atoms with Crippen molar-refractivity contribution in [1.29, 1.82) is 0 Å². The Bertz CT molecular complexity index is 495. The predicted octanol–water partition coefficient (Wildman–Crippen LogP) is 5.27. The monoisotopic (exact) mass is 384 g/mol. The van der Waals surface area contributed by atoms with Gasteiger partial charge in [0.25, 0.3) is 0 Å². The van der Waals surface area contributed by atoms with Crippen LogP contribution in [0.3, 0.4) is 0 Å². The fraction of sp³-hybridized carbons (Fsp3) is 0.474. The number of aliphatic imine (C=N–C) groups is 1. The number of carbonyl (C=O) groups is 1. The number of methoxy groups -OCH3 is 1. The van der Waals surface area contributed by atoms with Crippen molar-refractivity contribution >= 4 is 37.6 Å². The van der Waals surface area contributed by atoms with E-state index in [-0.39, 0.29) is 11.3 Å². The van der Waals surface area contributed by atoms with E-state index in [1.165, 1.54) is 0 Å². The first-order valence-electron chi connectivity index (χ1n) is 7.88. The van der Waals surface area contributed by atoms with Gasteiger partial charge < -0.3 is 9.53 Å². The van der Waals surface area contributed by atoms with Crippen LogP contribution in [-0.2, 0) is 4.79 Å². The highest BCUT2D eigenvalue weighted by Gasteiger charge is 2.12. The van der Waals surface area contributed by atoms with Crippen molar-refractivity contribution < 1.29 is 9.53 Å². The Hall–Kier alpha value is -1.24. The quantitative estimate of drug-likeness (QED) is 0.231. The van der Waals surface area contributed by atoms with Crippen LogP contribution in [0.2, 0.25) is 0 Å². The molecule has 142 valence electrons. The Morgan fingerprint density at radius 2 is 1.84 bits per heavy atom. The van der Waals surface area contributed by atoms with Crippen molar-refractivity contribution in [3.63, 3.8) is 0 Å². The number of hydrogen-bond donors (Lipinski definition) is 2. The number of nitrogens with zero attached hydrogens (tertiary/aromatic N) is 1. The summed E-state index contributed by atoms with van der Waals surface area (Å²) >= 11 is 5.59. The van der Waals surface area contributed by atoms with Crippen molar-refractivity contribution in [2.45, 2.75) is 39.5 Å². The van der Waals surface area contributed by atoms with Crippen LogP contribution in [0.5, 0.6) is 5.75 Å². The smallest absolute Gasteiger partial charge is 0.122 e. The van der Waals surface area contributed by atoms with E-state index in [0.717, 1.165) is 22.6 Å². The Labute approximate surface area is 163 Å². The Balaban J connectivity index is 0. The highest BCUT2D eigenvalue weighted by atomic mass is 32.2. The van der Waals surface area contributed by atoms with Crippen LogP contribution in [0, 0.1) is 11.3 Å². The van der Waals surface area contributed by atoms with Crippen molar-refractivity contribution in [1.82, 2.24) is 4.72 Å². The summed E-state index contributed by atoms with van der Waals surface area (Å²) in [5.74, 6) is 1.75. The molecule has 0 amide bonds. The lowest BCUT2D eigenvalue weighted by molar-refractivity contribution is -0.110. The van der Waals surface area contributed by atoms with Gasteiger partial charge >= 0.3 is 0 Å². The number of allylic oxidation sites excluding steroid dienone is 1. The van der Waals surface area contributed by atoms with Crippen LogP contribution >= 0.6 is 24.6 Å². The van der Waals surface area contributed by atoms with Crippen LogP contribution in [0.15, 0.2) is 46.4 Å². The molecule has 0 saturated heterocycles. The van der Waals surface area contributed by atoms with Gasteiger partial charge in [-0.05, 0) is 42.9 Å². The van der Waals surface area contributed by atoms with Crippen molar-refractivity contribution in [2.24, 2.45) is 16.3 Å². The van der Waals surface area contributed by atoms with E-state index in [4.69, 9.17) is 4.74 Å². The van der Waals surface area contributed by atoms with Gasteiger partial charge in [0.2, 0.25) is 0 Å². The number of carbonyl (C=O) groups excluding carboxylic acids is 1. The second kappa shape index (κ2) is 15.0. The van der Waals surface area contributed by atoms with E-state index in [1.807, 2.05) is 38.1 Å². The maximum atomic E-state index is 9.50. The molecule has 0 radical (unpaired) electrons. The van der Waals surface area contributed by atoms with Gasteiger partial charge in [-0.25, -0.2) is 0 Å². The number of benzene rings is 1. The van der Waals surface area contributed by atoms with Gasteiger partial charge in [0, 0.05) is 27.8 Å². The highest BCUT2D eigenvalue weighted by molar-refractivity contribution is 7.98. The topological polar surface area (TPSA) is 50.7 Å². The molecule has 6 heteroatoms. The molecule has 1 N–H and O–H groups in total. The van der Waals surface area contributed by atoms with Gasteiger partial charge in [-0.2, -0.15) is 12.6 Å². The predicted molar refractivity (Wildman–Crippen MR) is 115 cm³/mol. The molecule has 0 atom stereocenters. The molecule has 0 spiro atoms.